The molecule has 3 aliphatic rings. The van der Waals surface area contributed by atoms with Crippen LogP contribution in [0.2, 0.25) is 0 Å². The van der Waals surface area contributed by atoms with Crippen LogP contribution in [0.4, 0.5) is 0 Å². The summed E-state index contributed by atoms with van der Waals surface area (Å²) in [6.07, 6.45) is 1.38. The van der Waals surface area contributed by atoms with Crippen molar-refractivity contribution in [3.05, 3.63) is 15.6 Å². The summed E-state index contributed by atoms with van der Waals surface area (Å²) in [7, 11) is 0. The number of hydrogen-bond acceptors (Lipinski definition) is 6. The van der Waals surface area contributed by atoms with Crippen LogP contribution < -0.4 is 5.32 Å². The van der Waals surface area contributed by atoms with Crippen LogP contribution in [0, 0.1) is 19.3 Å². The van der Waals surface area contributed by atoms with Gasteiger partial charge < -0.3 is 19.9 Å². The Bertz CT molecular complexity index is 804. The topological polar surface area (TPSA) is 91.8 Å². The zero-order chi connectivity index (χ0) is 19.9. The van der Waals surface area contributed by atoms with Crippen molar-refractivity contribution < 1.29 is 19.1 Å². The second-order valence-electron chi connectivity index (χ2n) is 7.84. The molecular weight excluding hydrogens is 380 g/mol. The lowest BCUT2D eigenvalue weighted by molar-refractivity contribution is -0.155. The number of piperidine rings is 2. The summed E-state index contributed by atoms with van der Waals surface area (Å²) >= 11 is 1.40. The molecule has 0 unspecified atom stereocenters. The van der Waals surface area contributed by atoms with Gasteiger partial charge in [-0.2, -0.15) is 0 Å². The molecule has 9 heteroatoms. The van der Waals surface area contributed by atoms with Crippen LogP contribution in [0.3, 0.4) is 0 Å². The van der Waals surface area contributed by atoms with Crippen LogP contribution in [0.5, 0.6) is 0 Å². The molecule has 0 saturated carbocycles. The molecule has 0 aromatic carbocycles. The van der Waals surface area contributed by atoms with Gasteiger partial charge in [0.1, 0.15) is 4.88 Å². The Labute approximate surface area is 168 Å². The number of carbonyl (C=O) groups excluding carboxylic acids is 3. The molecule has 3 fully saturated rings. The van der Waals surface area contributed by atoms with Crippen molar-refractivity contribution >= 4 is 29.1 Å². The maximum absolute atomic E-state index is 13.6. The van der Waals surface area contributed by atoms with Gasteiger partial charge >= 0.3 is 0 Å². The van der Waals surface area contributed by atoms with Crippen molar-refractivity contribution in [1.82, 2.24) is 20.1 Å². The van der Waals surface area contributed by atoms with E-state index in [0.717, 1.165) is 10.7 Å². The maximum Gasteiger partial charge on any atom is 0.265 e. The molecule has 0 radical (unpaired) electrons. The highest BCUT2D eigenvalue weighted by Crippen LogP contribution is 2.40. The number of nitrogens with one attached hydrogen (secondary N) is 1. The number of aryl methyl sites for hydroxylation is 2. The Morgan fingerprint density at radius 1 is 1.21 bits per heavy atom. The Hall–Kier alpha value is -2.00. The Morgan fingerprint density at radius 3 is 2.64 bits per heavy atom. The van der Waals surface area contributed by atoms with Gasteiger partial charge in [0.05, 0.1) is 29.3 Å². The first-order chi connectivity index (χ1) is 13.4. The maximum atomic E-state index is 13.6. The van der Waals surface area contributed by atoms with E-state index in [1.165, 1.54) is 11.3 Å². The predicted octanol–water partition coefficient (Wildman–Crippen LogP) is 0.730. The Kier molecular flexibility index (Phi) is 5.13. The standard InChI is InChI=1S/C19H26N4O4S/c1-12-16(28-13(2)20-12)17(25)23-6-4-14-19(11-23,5-3-15(24)21-14)18(26)22-7-9-27-10-8-22/h14H,3-11H2,1-2H3,(H,21,24)/t14-,19+/m1/s1. The van der Waals surface area contributed by atoms with Crippen LogP contribution >= 0.6 is 11.3 Å². The minimum atomic E-state index is -0.757. The minimum Gasteiger partial charge on any atom is -0.378 e. The van der Waals surface area contributed by atoms with Gasteiger partial charge in [-0.15, -0.1) is 11.3 Å². The van der Waals surface area contributed by atoms with Crippen LogP contribution in [-0.4, -0.2) is 77.9 Å². The number of nitrogens with zero attached hydrogens (tertiary/aromatic N) is 3. The van der Waals surface area contributed by atoms with E-state index in [4.69, 9.17) is 4.74 Å². The number of hydrogen-bond donors (Lipinski definition) is 1. The molecule has 2 atom stereocenters. The van der Waals surface area contributed by atoms with Gasteiger partial charge in [0.15, 0.2) is 0 Å². The Balaban J connectivity index is 1.62. The van der Waals surface area contributed by atoms with Crippen molar-refractivity contribution in [1.29, 1.82) is 0 Å². The summed E-state index contributed by atoms with van der Waals surface area (Å²) in [5, 5.41) is 3.89. The molecule has 3 aliphatic heterocycles. The van der Waals surface area contributed by atoms with Crippen molar-refractivity contribution in [2.75, 3.05) is 39.4 Å². The number of ether oxygens (including phenoxy) is 1. The average Bonchev–Trinajstić information content (AvgIpc) is 3.05. The molecule has 8 nitrogen and oxygen atoms in total. The summed E-state index contributed by atoms with van der Waals surface area (Å²) in [5.41, 5.74) is -0.0209. The normalized spacial score (nSPS) is 27.9. The first kappa shape index (κ1) is 19.3. The summed E-state index contributed by atoms with van der Waals surface area (Å²) in [6, 6.07) is -0.225. The van der Waals surface area contributed by atoms with Gasteiger partial charge in [-0.25, -0.2) is 4.98 Å². The Morgan fingerprint density at radius 2 is 1.96 bits per heavy atom. The molecule has 1 aromatic heterocycles. The van der Waals surface area contributed by atoms with Gasteiger partial charge in [-0.1, -0.05) is 0 Å². The van der Waals surface area contributed by atoms with Gasteiger partial charge in [-0.3, -0.25) is 14.4 Å². The monoisotopic (exact) mass is 406 g/mol. The van der Waals surface area contributed by atoms with E-state index in [1.54, 1.807) is 4.90 Å². The molecule has 1 N–H and O–H groups in total. The summed E-state index contributed by atoms with van der Waals surface area (Å²) in [4.78, 5) is 47.4. The minimum absolute atomic E-state index is 0.0101. The molecule has 4 heterocycles. The number of likely N-dealkylation sites (tertiary alicyclic amines) is 1. The molecule has 1 aromatic rings. The van der Waals surface area contributed by atoms with Crippen LogP contribution in [0.25, 0.3) is 0 Å². The molecule has 152 valence electrons. The third-order valence-corrected chi connectivity index (χ3v) is 7.13. The highest BCUT2D eigenvalue weighted by molar-refractivity contribution is 7.13. The lowest BCUT2D eigenvalue weighted by Crippen LogP contribution is -2.67. The van der Waals surface area contributed by atoms with E-state index in [9.17, 15) is 14.4 Å². The van der Waals surface area contributed by atoms with Gasteiger partial charge in [0.2, 0.25) is 11.8 Å². The fraction of sp³-hybridized carbons (Fsp3) is 0.684. The summed E-state index contributed by atoms with van der Waals surface area (Å²) in [5.74, 6) is -0.0350. The number of aromatic nitrogens is 1. The molecule has 0 aliphatic carbocycles. The van der Waals surface area contributed by atoms with Gasteiger partial charge in [0.25, 0.3) is 5.91 Å². The number of rotatable bonds is 2. The first-order valence-corrected chi connectivity index (χ1v) is 10.6. The van der Waals surface area contributed by atoms with E-state index in [2.05, 4.69) is 10.3 Å². The summed E-state index contributed by atoms with van der Waals surface area (Å²) < 4.78 is 5.39. The molecule has 4 rings (SSSR count). The third-order valence-electron chi connectivity index (χ3n) is 6.07. The highest BCUT2D eigenvalue weighted by Gasteiger charge is 2.54. The fourth-order valence-electron chi connectivity index (χ4n) is 4.61. The second-order valence-corrected chi connectivity index (χ2v) is 9.05. The van der Waals surface area contributed by atoms with E-state index >= 15 is 0 Å². The number of fused-ring (bicyclic) bond motifs is 1. The van der Waals surface area contributed by atoms with Crippen LogP contribution in [0.1, 0.15) is 39.6 Å². The lowest BCUT2D eigenvalue weighted by Gasteiger charge is -2.51. The molecule has 3 saturated heterocycles. The second kappa shape index (κ2) is 7.44. The van der Waals surface area contributed by atoms with E-state index < -0.39 is 5.41 Å². The van der Waals surface area contributed by atoms with Gasteiger partial charge in [0, 0.05) is 38.6 Å². The molecule has 0 spiro atoms. The third kappa shape index (κ3) is 3.30. The lowest BCUT2D eigenvalue weighted by atomic mass is 9.68. The number of morpholine rings is 1. The summed E-state index contributed by atoms with van der Waals surface area (Å²) in [6.45, 7) is 6.77. The van der Waals surface area contributed by atoms with E-state index in [1.807, 2.05) is 18.7 Å². The van der Waals surface area contributed by atoms with E-state index in [-0.39, 0.29) is 23.8 Å². The smallest absolute Gasteiger partial charge is 0.265 e. The molecule has 28 heavy (non-hydrogen) atoms. The van der Waals surface area contributed by atoms with Crippen molar-refractivity contribution in [3.8, 4) is 0 Å². The molecule has 3 amide bonds. The highest BCUT2D eigenvalue weighted by atomic mass is 32.1. The van der Waals surface area contributed by atoms with Gasteiger partial charge in [-0.05, 0) is 26.7 Å². The van der Waals surface area contributed by atoms with Crippen LogP contribution in [0.15, 0.2) is 0 Å². The predicted molar refractivity (Wildman–Crippen MR) is 103 cm³/mol. The zero-order valence-electron chi connectivity index (χ0n) is 16.3. The molecule has 0 bridgehead atoms. The average molecular weight is 407 g/mol. The largest absolute Gasteiger partial charge is 0.378 e. The fourth-order valence-corrected chi connectivity index (χ4v) is 5.50. The zero-order valence-corrected chi connectivity index (χ0v) is 17.1. The van der Waals surface area contributed by atoms with E-state index in [0.29, 0.717) is 63.5 Å². The SMILES string of the molecule is Cc1nc(C)c(C(=O)N2CC[C@H]3NC(=O)CC[C@]3(C(=O)N3CCOCC3)C2)s1. The number of carbonyl (C=O) groups is 3. The number of thiazole rings is 1. The van der Waals surface area contributed by atoms with Crippen molar-refractivity contribution in [2.24, 2.45) is 5.41 Å². The van der Waals surface area contributed by atoms with Crippen molar-refractivity contribution in [2.45, 2.75) is 39.2 Å². The quantitative estimate of drug-likeness (QED) is 0.782. The first-order valence-electron chi connectivity index (χ1n) is 9.80. The van der Waals surface area contributed by atoms with Crippen molar-refractivity contribution in [3.63, 3.8) is 0 Å². The van der Waals surface area contributed by atoms with Crippen LogP contribution in [-0.2, 0) is 14.3 Å². The number of amides is 3. The molecular formula is C19H26N4O4S.